The second-order valence-corrected chi connectivity index (χ2v) is 5.60. The fraction of sp³-hybridized carbons (Fsp3) is 0.263. The van der Waals surface area contributed by atoms with Crippen LogP contribution in [0.1, 0.15) is 27.1 Å². The maximum Gasteiger partial charge on any atom is 0.338 e. The summed E-state index contributed by atoms with van der Waals surface area (Å²) >= 11 is 0. The summed E-state index contributed by atoms with van der Waals surface area (Å²) in [7, 11) is 0. The SMILES string of the molecule is O=C(OCC1CC(OC(=O)c2ccccc2)COO1)c1ccccc1. The lowest BCUT2D eigenvalue weighted by Crippen LogP contribution is -2.37. The Hall–Kier alpha value is -2.70. The van der Waals surface area contributed by atoms with E-state index in [1.54, 1.807) is 48.5 Å². The van der Waals surface area contributed by atoms with Gasteiger partial charge >= 0.3 is 11.9 Å². The van der Waals surface area contributed by atoms with Crippen molar-refractivity contribution in [1.29, 1.82) is 0 Å². The molecule has 3 rings (SSSR count). The molecule has 1 aliphatic heterocycles. The summed E-state index contributed by atoms with van der Waals surface area (Å²) in [6.07, 6.45) is -0.558. The van der Waals surface area contributed by atoms with Crippen LogP contribution in [0.15, 0.2) is 60.7 Å². The molecule has 6 nitrogen and oxygen atoms in total. The van der Waals surface area contributed by atoms with Crippen LogP contribution >= 0.6 is 0 Å². The predicted octanol–water partition coefficient (Wildman–Crippen LogP) is 2.79. The molecule has 6 heteroatoms. The first-order valence-corrected chi connectivity index (χ1v) is 7.99. The third kappa shape index (κ3) is 4.89. The fourth-order valence-corrected chi connectivity index (χ4v) is 2.41. The molecule has 2 atom stereocenters. The monoisotopic (exact) mass is 342 g/mol. The molecule has 2 aromatic carbocycles. The van der Waals surface area contributed by atoms with Gasteiger partial charge in [-0.2, -0.15) is 0 Å². The molecule has 0 aliphatic carbocycles. The first-order valence-electron chi connectivity index (χ1n) is 7.99. The highest BCUT2D eigenvalue weighted by atomic mass is 17.2. The number of benzene rings is 2. The number of rotatable bonds is 5. The Morgan fingerprint density at radius 2 is 1.52 bits per heavy atom. The average molecular weight is 342 g/mol. The van der Waals surface area contributed by atoms with E-state index in [1.165, 1.54) is 0 Å². The maximum absolute atomic E-state index is 12.1. The van der Waals surface area contributed by atoms with Gasteiger partial charge in [-0.1, -0.05) is 36.4 Å². The van der Waals surface area contributed by atoms with Gasteiger partial charge in [-0.05, 0) is 24.3 Å². The molecule has 1 saturated heterocycles. The Kier molecular flexibility index (Phi) is 5.77. The first kappa shape index (κ1) is 17.1. The van der Waals surface area contributed by atoms with Crippen molar-refractivity contribution in [1.82, 2.24) is 0 Å². The van der Waals surface area contributed by atoms with E-state index in [2.05, 4.69) is 0 Å². The minimum absolute atomic E-state index is 0.0209. The van der Waals surface area contributed by atoms with Gasteiger partial charge in [-0.15, -0.1) is 0 Å². The quantitative estimate of drug-likeness (QED) is 0.615. The topological polar surface area (TPSA) is 71.1 Å². The number of carbonyl (C=O) groups excluding carboxylic acids is 2. The molecular formula is C19H18O6. The van der Waals surface area contributed by atoms with Gasteiger partial charge in [0.05, 0.1) is 11.1 Å². The van der Waals surface area contributed by atoms with Crippen molar-refractivity contribution in [3.05, 3.63) is 71.8 Å². The highest BCUT2D eigenvalue weighted by Crippen LogP contribution is 2.17. The lowest BCUT2D eigenvalue weighted by Gasteiger charge is -2.27. The number of hydrogen-bond acceptors (Lipinski definition) is 6. The summed E-state index contributed by atoms with van der Waals surface area (Å²) in [6, 6.07) is 17.4. The van der Waals surface area contributed by atoms with Crippen molar-refractivity contribution in [2.75, 3.05) is 13.2 Å². The predicted molar refractivity (Wildman–Crippen MR) is 87.8 cm³/mol. The number of ether oxygens (including phenoxy) is 2. The Labute approximate surface area is 145 Å². The normalized spacial score (nSPS) is 19.8. The lowest BCUT2D eigenvalue weighted by atomic mass is 10.1. The number of carbonyl (C=O) groups is 2. The van der Waals surface area contributed by atoms with Crippen molar-refractivity contribution in [3.63, 3.8) is 0 Å². The van der Waals surface area contributed by atoms with E-state index in [9.17, 15) is 9.59 Å². The Balaban J connectivity index is 1.48. The second kappa shape index (κ2) is 8.41. The van der Waals surface area contributed by atoms with E-state index in [1.807, 2.05) is 12.1 Å². The van der Waals surface area contributed by atoms with E-state index < -0.39 is 24.1 Å². The highest BCUT2D eigenvalue weighted by molar-refractivity contribution is 5.89. The van der Waals surface area contributed by atoms with Crippen LogP contribution in [0.2, 0.25) is 0 Å². The molecule has 25 heavy (non-hydrogen) atoms. The highest BCUT2D eigenvalue weighted by Gasteiger charge is 2.28. The van der Waals surface area contributed by atoms with Crippen LogP contribution in [-0.2, 0) is 19.2 Å². The van der Waals surface area contributed by atoms with Crippen molar-refractivity contribution >= 4 is 11.9 Å². The van der Waals surface area contributed by atoms with E-state index >= 15 is 0 Å². The molecule has 1 heterocycles. The molecule has 0 spiro atoms. The van der Waals surface area contributed by atoms with Gasteiger partial charge in [-0.3, -0.25) is 0 Å². The summed E-state index contributed by atoms with van der Waals surface area (Å²) in [5, 5.41) is 0. The summed E-state index contributed by atoms with van der Waals surface area (Å²) < 4.78 is 10.6. The van der Waals surface area contributed by atoms with Gasteiger partial charge in [-0.25, -0.2) is 19.4 Å². The number of hydrogen-bond donors (Lipinski definition) is 0. The smallest absolute Gasteiger partial charge is 0.338 e. The van der Waals surface area contributed by atoms with Crippen LogP contribution in [0.4, 0.5) is 0 Å². The standard InChI is InChI=1S/C19H18O6/c20-18(14-7-3-1-4-8-14)22-12-17-11-16(13-23-25-17)24-19(21)15-9-5-2-6-10-15/h1-10,16-17H,11-13H2. The second-order valence-electron chi connectivity index (χ2n) is 5.60. The molecule has 0 aromatic heterocycles. The molecule has 1 aliphatic rings. The van der Waals surface area contributed by atoms with Crippen LogP contribution in [0.25, 0.3) is 0 Å². The Morgan fingerprint density at radius 3 is 2.16 bits per heavy atom. The van der Waals surface area contributed by atoms with Gasteiger partial charge in [0.1, 0.15) is 25.4 Å². The minimum atomic E-state index is -0.491. The summed E-state index contributed by atoms with van der Waals surface area (Å²) in [4.78, 5) is 34.1. The van der Waals surface area contributed by atoms with Crippen molar-refractivity contribution in [2.45, 2.75) is 18.6 Å². The van der Waals surface area contributed by atoms with Crippen LogP contribution in [0, 0.1) is 0 Å². The van der Waals surface area contributed by atoms with E-state index in [0.717, 1.165) is 0 Å². The summed E-state index contributed by atoms with van der Waals surface area (Å²) in [6.45, 7) is 0.162. The molecule has 130 valence electrons. The molecule has 1 fully saturated rings. The zero-order chi connectivity index (χ0) is 17.5. The maximum atomic E-state index is 12.1. The minimum Gasteiger partial charge on any atom is -0.459 e. The van der Waals surface area contributed by atoms with E-state index in [0.29, 0.717) is 17.5 Å². The molecule has 2 aromatic rings. The van der Waals surface area contributed by atoms with Crippen LogP contribution < -0.4 is 0 Å². The largest absolute Gasteiger partial charge is 0.459 e. The van der Waals surface area contributed by atoms with Crippen LogP contribution in [-0.4, -0.2) is 37.4 Å². The average Bonchev–Trinajstić information content (AvgIpc) is 2.68. The van der Waals surface area contributed by atoms with Gasteiger partial charge < -0.3 is 9.47 Å². The summed E-state index contributed by atoms with van der Waals surface area (Å²) in [5.74, 6) is -0.858. The fourth-order valence-electron chi connectivity index (χ4n) is 2.41. The van der Waals surface area contributed by atoms with Crippen LogP contribution in [0.3, 0.4) is 0 Å². The van der Waals surface area contributed by atoms with Gasteiger partial charge in [0.25, 0.3) is 0 Å². The van der Waals surface area contributed by atoms with E-state index in [4.69, 9.17) is 19.2 Å². The van der Waals surface area contributed by atoms with Crippen molar-refractivity contribution in [3.8, 4) is 0 Å². The molecule has 2 unspecified atom stereocenters. The van der Waals surface area contributed by atoms with Gasteiger partial charge in [0, 0.05) is 6.42 Å². The third-order valence-corrected chi connectivity index (χ3v) is 3.68. The zero-order valence-electron chi connectivity index (χ0n) is 13.5. The molecule has 0 amide bonds. The van der Waals surface area contributed by atoms with E-state index in [-0.39, 0.29) is 13.2 Å². The van der Waals surface area contributed by atoms with Gasteiger partial charge in [0.2, 0.25) is 0 Å². The Bertz CT molecular complexity index is 700. The summed E-state index contributed by atoms with van der Waals surface area (Å²) in [5.41, 5.74) is 0.937. The molecule has 0 saturated carbocycles. The lowest BCUT2D eigenvalue weighted by molar-refractivity contribution is -0.363. The van der Waals surface area contributed by atoms with Crippen molar-refractivity contribution in [2.24, 2.45) is 0 Å². The third-order valence-electron chi connectivity index (χ3n) is 3.68. The Morgan fingerprint density at radius 1 is 0.920 bits per heavy atom. The van der Waals surface area contributed by atoms with Crippen molar-refractivity contribution < 1.29 is 28.8 Å². The molecular weight excluding hydrogens is 324 g/mol. The molecule has 0 radical (unpaired) electrons. The number of esters is 2. The van der Waals surface area contributed by atoms with Crippen LogP contribution in [0.5, 0.6) is 0 Å². The molecule has 0 bridgehead atoms. The zero-order valence-corrected chi connectivity index (χ0v) is 13.5. The molecule has 0 N–H and O–H groups in total. The van der Waals surface area contributed by atoms with Gasteiger partial charge in [0.15, 0.2) is 0 Å². The first-order chi connectivity index (χ1) is 12.2.